The third-order valence-electron chi connectivity index (χ3n) is 6.01. The minimum absolute atomic E-state index is 0.271. The van der Waals surface area contributed by atoms with Crippen molar-refractivity contribution >= 4 is 27.5 Å². The van der Waals surface area contributed by atoms with Crippen molar-refractivity contribution in [3.8, 4) is 0 Å². The van der Waals surface area contributed by atoms with Crippen LogP contribution in [0.3, 0.4) is 0 Å². The molecule has 124 valence electrons. The molecule has 3 aliphatic rings. The molecule has 0 atom stereocenters. The van der Waals surface area contributed by atoms with E-state index in [1.165, 1.54) is 37.9 Å². The van der Waals surface area contributed by atoms with E-state index < -0.39 is 5.41 Å². The van der Waals surface area contributed by atoms with E-state index in [-0.39, 0.29) is 5.91 Å². The zero-order chi connectivity index (χ0) is 16.2. The number of benzene rings is 1. The van der Waals surface area contributed by atoms with E-state index >= 15 is 0 Å². The van der Waals surface area contributed by atoms with Gasteiger partial charge in [0.05, 0.1) is 5.41 Å². The number of carbonyl (C=O) groups excluding carboxylic acids is 1. The van der Waals surface area contributed by atoms with Crippen LogP contribution in [0.4, 0.5) is 5.69 Å². The Morgan fingerprint density at radius 3 is 2.48 bits per heavy atom. The summed E-state index contributed by atoms with van der Waals surface area (Å²) in [4.78, 5) is 17.8. The molecule has 0 unspecified atom stereocenters. The molecule has 23 heavy (non-hydrogen) atoms. The van der Waals surface area contributed by atoms with Gasteiger partial charge in [0.15, 0.2) is 0 Å². The van der Waals surface area contributed by atoms with Gasteiger partial charge in [-0.3, -0.25) is 4.79 Å². The van der Waals surface area contributed by atoms with E-state index in [1.54, 1.807) is 0 Å². The zero-order valence-corrected chi connectivity index (χ0v) is 15.6. The number of fused-ring (bicyclic) bond motifs is 1. The molecule has 1 aromatic carbocycles. The molecule has 3 nitrogen and oxygen atoms in total. The molecule has 0 spiro atoms. The van der Waals surface area contributed by atoms with Crippen LogP contribution in [0, 0.1) is 0 Å². The van der Waals surface area contributed by atoms with Crippen molar-refractivity contribution in [1.82, 2.24) is 4.90 Å². The van der Waals surface area contributed by atoms with Crippen molar-refractivity contribution in [2.24, 2.45) is 0 Å². The fourth-order valence-electron chi connectivity index (χ4n) is 4.47. The Hall–Kier alpha value is -0.870. The van der Waals surface area contributed by atoms with Crippen LogP contribution in [0.5, 0.6) is 0 Å². The van der Waals surface area contributed by atoms with Crippen LogP contribution in [0.2, 0.25) is 0 Å². The number of rotatable bonds is 2. The number of hydrogen-bond donors (Lipinski definition) is 0. The highest BCUT2D eigenvalue weighted by Crippen LogP contribution is 2.47. The smallest absolute Gasteiger partial charge is 0.237 e. The van der Waals surface area contributed by atoms with Crippen LogP contribution < -0.4 is 4.90 Å². The number of hydrogen-bond acceptors (Lipinski definition) is 2. The quantitative estimate of drug-likeness (QED) is 0.775. The van der Waals surface area contributed by atoms with E-state index in [9.17, 15) is 4.79 Å². The lowest BCUT2D eigenvalue weighted by molar-refractivity contribution is -0.123. The average Bonchev–Trinajstić information content (AvgIpc) is 2.67. The van der Waals surface area contributed by atoms with Crippen molar-refractivity contribution in [3.63, 3.8) is 0 Å². The average molecular weight is 377 g/mol. The Balaban J connectivity index is 1.54. The van der Waals surface area contributed by atoms with E-state index in [1.807, 2.05) is 0 Å². The Morgan fingerprint density at radius 2 is 1.78 bits per heavy atom. The highest BCUT2D eigenvalue weighted by Gasteiger charge is 2.49. The minimum atomic E-state index is -0.397. The van der Waals surface area contributed by atoms with Gasteiger partial charge in [-0.15, -0.1) is 0 Å². The fraction of sp³-hybridized carbons (Fsp3) is 0.632. The van der Waals surface area contributed by atoms with E-state index in [0.29, 0.717) is 12.1 Å². The first kappa shape index (κ1) is 15.6. The molecule has 1 saturated carbocycles. The first-order chi connectivity index (χ1) is 11.0. The summed E-state index contributed by atoms with van der Waals surface area (Å²) >= 11 is 3.57. The van der Waals surface area contributed by atoms with Crippen molar-refractivity contribution < 1.29 is 4.79 Å². The van der Waals surface area contributed by atoms with Gasteiger partial charge in [0.2, 0.25) is 5.91 Å². The molecule has 1 saturated heterocycles. The molecular weight excluding hydrogens is 352 g/mol. The van der Waals surface area contributed by atoms with Gasteiger partial charge in [-0.25, -0.2) is 0 Å². The van der Waals surface area contributed by atoms with Crippen LogP contribution in [-0.4, -0.2) is 36.0 Å². The number of likely N-dealkylation sites (tertiary alicyclic amines) is 1. The lowest BCUT2D eigenvalue weighted by Gasteiger charge is -2.48. The lowest BCUT2D eigenvalue weighted by Crippen LogP contribution is -2.57. The first-order valence-corrected chi connectivity index (χ1v) is 9.65. The molecule has 0 radical (unpaired) electrons. The Kier molecular flexibility index (Phi) is 3.80. The number of anilines is 1. The van der Waals surface area contributed by atoms with Crippen molar-refractivity contribution in [3.05, 3.63) is 28.2 Å². The predicted molar refractivity (Wildman–Crippen MR) is 96.9 cm³/mol. The second-order valence-corrected chi connectivity index (χ2v) is 8.75. The number of piperidine rings is 1. The van der Waals surface area contributed by atoms with Gasteiger partial charge >= 0.3 is 0 Å². The molecule has 1 aliphatic carbocycles. The molecule has 0 aromatic heterocycles. The molecule has 2 aliphatic heterocycles. The Labute approximate surface area is 147 Å². The van der Waals surface area contributed by atoms with Gasteiger partial charge in [0.1, 0.15) is 0 Å². The molecule has 1 aromatic rings. The molecule has 1 amide bonds. The fourth-order valence-corrected chi connectivity index (χ4v) is 4.82. The van der Waals surface area contributed by atoms with Crippen molar-refractivity contribution in [1.29, 1.82) is 0 Å². The monoisotopic (exact) mass is 376 g/mol. The molecule has 0 bridgehead atoms. The number of carbonyl (C=O) groups is 1. The maximum Gasteiger partial charge on any atom is 0.237 e. The molecule has 2 heterocycles. The molecule has 4 heteroatoms. The van der Waals surface area contributed by atoms with Crippen molar-refractivity contribution in [2.45, 2.75) is 63.5 Å². The topological polar surface area (TPSA) is 23.6 Å². The normalized spacial score (nSPS) is 30.2. The highest BCUT2D eigenvalue weighted by atomic mass is 79.9. The Bertz CT molecular complexity index is 630. The van der Waals surface area contributed by atoms with E-state index in [4.69, 9.17) is 0 Å². The second kappa shape index (κ2) is 5.59. The summed E-state index contributed by atoms with van der Waals surface area (Å²) in [6.07, 6.45) is 6.33. The maximum absolute atomic E-state index is 13.0. The number of amides is 1. The number of nitrogens with zero attached hydrogens (tertiary/aromatic N) is 2. The predicted octanol–water partition coefficient (Wildman–Crippen LogP) is 4.09. The zero-order valence-electron chi connectivity index (χ0n) is 14.0. The second-order valence-electron chi connectivity index (χ2n) is 7.84. The first-order valence-electron chi connectivity index (χ1n) is 8.86. The summed E-state index contributed by atoms with van der Waals surface area (Å²) in [5.41, 5.74) is 1.90. The summed E-state index contributed by atoms with van der Waals surface area (Å²) < 4.78 is 1.05. The summed E-state index contributed by atoms with van der Waals surface area (Å²) in [5, 5.41) is 0. The van der Waals surface area contributed by atoms with Gasteiger partial charge < -0.3 is 9.80 Å². The van der Waals surface area contributed by atoms with Crippen LogP contribution in [0.15, 0.2) is 22.7 Å². The van der Waals surface area contributed by atoms with Crippen LogP contribution in [0.25, 0.3) is 0 Å². The third kappa shape index (κ3) is 2.45. The van der Waals surface area contributed by atoms with Crippen LogP contribution >= 0.6 is 15.9 Å². The van der Waals surface area contributed by atoms with E-state index in [2.05, 4.69) is 57.8 Å². The van der Waals surface area contributed by atoms with Gasteiger partial charge in [-0.1, -0.05) is 28.4 Å². The molecular formula is C19H25BrN2O. The van der Waals surface area contributed by atoms with Crippen LogP contribution in [-0.2, 0) is 10.2 Å². The Morgan fingerprint density at radius 1 is 1.09 bits per heavy atom. The standard InChI is InChI=1S/C19H25BrN2O/c1-19(2)16-7-6-13(20)10-17(16)22(18(19)23)15-11-14(12-15)21-8-4-3-5-9-21/h6-7,10,14-15H,3-5,8-9,11-12H2,1-2H3. The summed E-state index contributed by atoms with van der Waals surface area (Å²) in [7, 11) is 0. The largest absolute Gasteiger partial charge is 0.308 e. The summed E-state index contributed by atoms with van der Waals surface area (Å²) in [6, 6.07) is 7.35. The minimum Gasteiger partial charge on any atom is -0.308 e. The number of halogens is 1. The van der Waals surface area contributed by atoms with Gasteiger partial charge in [-0.2, -0.15) is 0 Å². The van der Waals surface area contributed by atoms with E-state index in [0.717, 1.165) is 23.0 Å². The SMILES string of the molecule is CC1(C)C(=O)N(C2CC(N3CCCCC3)C2)c2cc(Br)ccc21. The third-order valence-corrected chi connectivity index (χ3v) is 6.50. The maximum atomic E-state index is 13.0. The van der Waals surface area contributed by atoms with Crippen molar-refractivity contribution in [2.75, 3.05) is 18.0 Å². The van der Waals surface area contributed by atoms with Gasteiger partial charge in [0, 0.05) is 22.2 Å². The highest BCUT2D eigenvalue weighted by molar-refractivity contribution is 9.10. The summed E-state index contributed by atoms with van der Waals surface area (Å²) in [6.45, 7) is 6.61. The van der Waals surface area contributed by atoms with Crippen LogP contribution in [0.1, 0.15) is 51.5 Å². The lowest BCUT2D eigenvalue weighted by atomic mass is 9.82. The van der Waals surface area contributed by atoms with Gasteiger partial charge in [0.25, 0.3) is 0 Å². The molecule has 0 N–H and O–H groups in total. The molecule has 4 rings (SSSR count). The summed E-state index contributed by atoms with van der Waals surface area (Å²) in [5.74, 6) is 0.271. The molecule has 2 fully saturated rings. The van der Waals surface area contributed by atoms with Gasteiger partial charge in [-0.05, 0) is 70.3 Å².